The molecule has 0 bridgehead atoms. The highest BCUT2D eigenvalue weighted by Gasteiger charge is 2.04. The number of hydrogen-bond acceptors (Lipinski definition) is 5. The van der Waals surface area contributed by atoms with Gasteiger partial charge >= 0.3 is 23.9 Å². The first-order valence-electron chi connectivity index (χ1n) is 5.10. The Labute approximate surface area is 103 Å². The molecule has 8 heteroatoms. The number of aliphatic carboxylic acids is 3. The summed E-state index contributed by atoms with van der Waals surface area (Å²) in [7, 11) is 0. The molecule has 0 unspecified atom stereocenters. The Morgan fingerprint density at radius 1 is 0.778 bits per heavy atom. The molecule has 0 fully saturated rings. The third kappa shape index (κ3) is 19.5. The summed E-state index contributed by atoms with van der Waals surface area (Å²) in [6.07, 6.45) is -0.785. The molecule has 3 N–H and O–H groups in total. The van der Waals surface area contributed by atoms with E-state index in [1.54, 1.807) is 6.92 Å². The predicted molar refractivity (Wildman–Crippen MR) is 58.0 cm³/mol. The molecule has 0 saturated heterocycles. The average Bonchev–Trinajstić information content (AvgIpc) is 2.25. The second-order valence-corrected chi connectivity index (χ2v) is 2.99. The number of carboxylic acids is 3. The molecule has 0 aromatic rings. The fraction of sp³-hybridized carbons (Fsp3) is 0.600. The van der Waals surface area contributed by atoms with Crippen LogP contribution in [0.25, 0.3) is 0 Å². The Hall–Kier alpha value is -2.12. The lowest BCUT2D eigenvalue weighted by Crippen LogP contribution is -2.06. The second-order valence-electron chi connectivity index (χ2n) is 2.99. The van der Waals surface area contributed by atoms with Gasteiger partial charge in [-0.15, -0.1) is 0 Å². The van der Waals surface area contributed by atoms with Gasteiger partial charge in [0, 0.05) is 0 Å². The third-order valence-corrected chi connectivity index (χ3v) is 1.40. The molecule has 0 saturated carbocycles. The van der Waals surface area contributed by atoms with Crippen LogP contribution in [0.3, 0.4) is 0 Å². The molecule has 0 amide bonds. The molecule has 0 aliphatic carbocycles. The normalized spacial score (nSPS) is 8.72. The highest BCUT2D eigenvalue weighted by molar-refractivity contribution is 5.76. The van der Waals surface area contributed by atoms with Crippen molar-refractivity contribution in [2.24, 2.45) is 0 Å². The predicted octanol–water partition coefficient (Wildman–Crippen LogP) is 0.350. The van der Waals surface area contributed by atoms with Crippen LogP contribution in [0, 0.1) is 0 Å². The van der Waals surface area contributed by atoms with Gasteiger partial charge in [0.1, 0.15) is 0 Å². The fourth-order valence-corrected chi connectivity index (χ4v) is 0.656. The van der Waals surface area contributed by atoms with Gasteiger partial charge in [-0.25, -0.2) is 0 Å². The number of carbonyl (C=O) groups is 4. The van der Waals surface area contributed by atoms with Crippen molar-refractivity contribution in [2.45, 2.75) is 32.6 Å². The molecule has 0 aliphatic heterocycles. The van der Waals surface area contributed by atoms with Crippen LogP contribution in [0.4, 0.5) is 0 Å². The van der Waals surface area contributed by atoms with Gasteiger partial charge in [-0.05, 0) is 6.92 Å². The molecular weight excluding hydrogens is 248 g/mol. The van der Waals surface area contributed by atoms with Crippen LogP contribution >= 0.6 is 0 Å². The van der Waals surface area contributed by atoms with E-state index in [-0.39, 0.29) is 25.7 Å². The Morgan fingerprint density at radius 2 is 1.11 bits per heavy atom. The van der Waals surface area contributed by atoms with Crippen LogP contribution in [0.15, 0.2) is 0 Å². The van der Waals surface area contributed by atoms with Gasteiger partial charge in [0.2, 0.25) is 0 Å². The van der Waals surface area contributed by atoms with Crippen molar-refractivity contribution in [1.82, 2.24) is 0 Å². The molecule has 0 radical (unpaired) electrons. The van der Waals surface area contributed by atoms with Crippen LogP contribution in [-0.2, 0) is 23.9 Å². The first-order chi connectivity index (χ1) is 8.29. The van der Waals surface area contributed by atoms with Gasteiger partial charge in [0.05, 0.1) is 32.3 Å². The van der Waals surface area contributed by atoms with E-state index in [1.807, 2.05) is 0 Å². The SMILES string of the molecule is CCOC(=O)CCC(=O)O.O=C(O)CCC(=O)O. The third-order valence-electron chi connectivity index (χ3n) is 1.40. The number of ether oxygens (including phenoxy) is 1. The number of rotatable bonds is 7. The molecule has 0 aromatic carbocycles. The maximum Gasteiger partial charge on any atom is 0.306 e. The van der Waals surface area contributed by atoms with E-state index in [0.717, 1.165) is 0 Å². The fourth-order valence-electron chi connectivity index (χ4n) is 0.656. The van der Waals surface area contributed by atoms with Crippen molar-refractivity contribution in [1.29, 1.82) is 0 Å². The standard InChI is InChI=1S/C6H10O4.C4H6O4/c1-2-10-6(9)4-3-5(7)8;5-3(6)1-2-4(7)8/h2-4H2,1H3,(H,7,8);1-2H2,(H,5,6)(H,7,8). The van der Waals surface area contributed by atoms with Crippen LogP contribution in [0.5, 0.6) is 0 Å². The van der Waals surface area contributed by atoms with E-state index >= 15 is 0 Å². The van der Waals surface area contributed by atoms with Crippen molar-refractivity contribution in [3.05, 3.63) is 0 Å². The lowest BCUT2D eigenvalue weighted by molar-refractivity contribution is -0.147. The summed E-state index contributed by atoms with van der Waals surface area (Å²) in [6, 6.07) is 0. The molecule has 104 valence electrons. The zero-order chi connectivity index (χ0) is 14.6. The topological polar surface area (TPSA) is 138 Å². The molecule has 0 atom stereocenters. The molecule has 0 aromatic heterocycles. The van der Waals surface area contributed by atoms with E-state index in [2.05, 4.69) is 4.74 Å². The highest BCUT2D eigenvalue weighted by Crippen LogP contribution is 1.91. The Bertz CT molecular complexity index is 282. The zero-order valence-electron chi connectivity index (χ0n) is 9.92. The van der Waals surface area contributed by atoms with Crippen molar-refractivity contribution in [3.63, 3.8) is 0 Å². The summed E-state index contributed by atoms with van der Waals surface area (Å²) in [5.74, 6) is -3.59. The van der Waals surface area contributed by atoms with E-state index in [0.29, 0.717) is 6.61 Å². The number of carboxylic acid groups (broad SMARTS) is 3. The Balaban J connectivity index is 0. The number of carbonyl (C=O) groups excluding carboxylic acids is 1. The van der Waals surface area contributed by atoms with Crippen molar-refractivity contribution in [2.75, 3.05) is 6.61 Å². The first-order valence-corrected chi connectivity index (χ1v) is 5.10. The second kappa shape index (κ2) is 11.4. The van der Waals surface area contributed by atoms with Gasteiger partial charge in [-0.1, -0.05) is 0 Å². The Kier molecular flexibility index (Phi) is 11.5. The van der Waals surface area contributed by atoms with Gasteiger partial charge in [0.25, 0.3) is 0 Å². The van der Waals surface area contributed by atoms with Gasteiger partial charge in [-0.2, -0.15) is 0 Å². The van der Waals surface area contributed by atoms with Crippen LogP contribution in [0.2, 0.25) is 0 Å². The van der Waals surface area contributed by atoms with Crippen LogP contribution in [0.1, 0.15) is 32.6 Å². The van der Waals surface area contributed by atoms with E-state index in [1.165, 1.54) is 0 Å². The number of hydrogen-bond donors (Lipinski definition) is 3. The minimum Gasteiger partial charge on any atom is -0.481 e. The summed E-state index contributed by atoms with van der Waals surface area (Å²) >= 11 is 0. The summed E-state index contributed by atoms with van der Waals surface area (Å²) < 4.78 is 4.49. The minimum atomic E-state index is -1.08. The highest BCUT2D eigenvalue weighted by atomic mass is 16.5. The minimum absolute atomic E-state index is 0.0385. The lowest BCUT2D eigenvalue weighted by atomic mass is 10.3. The quantitative estimate of drug-likeness (QED) is 0.560. The van der Waals surface area contributed by atoms with Gasteiger partial charge in [-0.3, -0.25) is 19.2 Å². The summed E-state index contributed by atoms with van der Waals surface area (Å²) in [4.78, 5) is 39.6. The molecule has 18 heavy (non-hydrogen) atoms. The summed E-state index contributed by atoms with van der Waals surface area (Å²) in [6.45, 7) is 1.98. The van der Waals surface area contributed by atoms with Crippen LogP contribution < -0.4 is 0 Å². The molecular formula is C10H16O8. The molecule has 8 nitrogen and oxygen atoms in total. The van der Waals surface area contributed by atoms with E-state index in [4.69, 9.17) is 15.3 Å². The molecule has 0 spiro atoms. The molecule has 0 aliphatic rings. The number of esters is 1. The van der Waals surface area contributed by atoms with Crippen LogP contribution in [-0.4, -0.2) is 45.8 Å². The van der Waals surface area contributed by atoms with Crippen molar-refractivity contribution < 1.29 is 39.2 Å². The summed E-state index contributed by atoms with van der Waals surface area (Å²) in [5.41, 5.74) is 0. The van der Waals surface area contributed by atoms with Gasteiger partial charge in [0.15, 0.2) is 0 Å². The van der Waals surface area contributed by atoms with E-state index < -0.39 is 23.9 Å². The Morgan fingerprint density at radius 3 is 1.39 bits per heavy atom. The van der Waals surface area contributed by atoms with Crippen molar-refractivity contribution >= 4 is 23.9 Å². The monoisotopic (exact) mass is 264 g/mol. The average molecular weight is 264 g/mol. The molecule has 0 heterocycles. The van der Waals surface area contributed by atoms with Crippen molar-refractivity contribution in [3.8, 4) is 0 Å². The van der Waals surface area contributed by atoms with Gasteiger partial charge < -0.3 is 20.1 Å². The smallest absolute Gasteiger partial charge is 0.306 e. The zero-order valence-corrected chi connectivity index (χ0v) is 9.92. The molecule has 0 rings (SSSR count). The maximum absolute atomic E-state index is 10.5. The maximum atomic E-state index is 10.5. The summed E-state index contributed by atoms with van der Waals surface area (Å²) in [5, 5.41) is 23.9. The first kappa shape index (κ1) is 18.3. The van der Waals surface area contributed by atoms with E-state index in [9.17, 15) is 19.2 Å². The largest absolute Gasteiger partial charge is 0.481 e. The lowest BCUT2D eigenvalue weighted by Gasteiger charge is -1.97.